The molecule has 9 heteroatoms. The first-order chi connectivity index (χ1) is 16.6. The first-order valence-corrected chi connectivity index (χ1v) is 11.9. The SMILES string of the molecule is Cc1cc(-c2ccnc3[nH]cc(F)c23)cc(F)c1C1[C@H](C)CN(C(=O)C2CC(F)(F)CN2)C[C@@H]1C. The van der Waals surface area contributed by atoms with E-state index in [1.807, 2.05) is 26.8 Å². The quantitative estimate of drug-likeness (QED) is 0.510. The van der Waals surface area contributed by atoms with Gasteiger partial charge in [-0.05, 0) is 59.1 Å². The molecule has 0 radical (unpaired) electrons. The summed E-state index contributed by atoms with van der Waals surface area (Å²) in [6.07, 6.45) is 2.30. The highest BCUT2D eigenvalue weighted by Gasteiger charge is 2.45. The van der Waals surface area contributed by atoms with Crippen molar-refractivity contribution < 1.29 is 22.4 Å². The van der Waals surface area contributed by atoms with Gasteiger partial charge in [-0.1, -0.05) is 19.9 Å². The van der Waals surface area contributed by atoms with Crippen LogP contribution in [0.3, 0.4) is 0 Å². The second kappa shape index (κ2) is 8.62. The second-order valence-corrected chi connectivity index (χ2v) is 10.1. The summed E-state index contributed by atoms with van der Waals surface area (Å²) >= 11 is 0. The molecule has 0 spiro atoms. The number of rotatable bonds is 3. The van der Waals surface area contributed by atoms with Crippen molar-refractivity contribution in [2.24, 2.45) is 11.8 Å². The van der Waals surface area contributed by atoms with Gasteiger partial charge >= 0.3 is 0 Å². The Kier molecular flexibility index (Phi) is 5.86. The van der Waals surface area contributed by atoms with Gasteiger partial charge in [0.05, 0.1) is 18.0 Å². The summed E-state index contributed by atoms with van der Waals surface area (Å²) in [5.74, 6) is -4.30. The molecule has 2 fully saturated rings. The lowest BCUT2D eigenvalue weighted by atomic mass is 9.73. The van der Waals surface area contributed by atoms with Crippen LogP contribution in [-0.4, -0.2) is 52.4 Å². The number of alkyl halides is 2. The summed E-state index contributed by atoms with van der Waals surface area (Å²) in [5.41, 5.74) is 2.86. The Bertz CT molecular complexity index is 1250. The molecule has 4 atom stereocenters. The zero-order valence-electron chi connectivity index (χ0n) is 19.8. The van der Waals surface area contributed by atoms with Crippen molar-refractivity contribution in [2.75, 3.05) is 19.6 Å². The number of likely N-dealkylation sites (tertiary alicyclic amines) is 1. The van der Waals surface area contributed by atoms with Gasteiger partial charge in [0.1, 0.15) is 11.5 Å². The van der Waals surface area contributed by atoms with E-state index in [-0.39, 0.29) is 29.5 Å². The van der Waals surface area contributed by atoms with Gasteiger partial charge in [0, 0.05) is 31.9 Å². The van der Waals surface area contributed by atoms with E-state index in [0.717, 1.165) is 5.56 Å². The molecular formula is C26H28F4N4O. The predicted octanol–water partition coefficient (Wildman–Crippen LogP) is 5.01. The van der Waals surface area contributed by atoms with Gasteiger partial charge < -0.3 is 9.88 Å². The first kappa shape index (κ1) is 23.8. The first-order valence-electron chi connectivity index (χ1n) is 11.9. The third kappa shape index (κ3) is 4.20. The standard InChI is InChI=1S/C26H28F4N4O/c1-13-6-16(17-4-5-31-24-23(17)19(28)9-32-24)7-18(27)22(13)21-14(2)10-34(11-15(21)3)25(35)20-8-26(29,30)12-33-20/h4-7,9,14-15,20-21,33H,8,10-12H2,1-3H3,(H,31,32)/t14-,15+,20?,21?. The van der Waals surface area contributed by atoms with Crippen molar-refractivity contribution in [3.63, 3.8) is 0 Å². The number of hydrogen-bond acceptors (Lipinski definition) is 3. The van der Waals surface area contributed by atoms with Crippen molar-refractivity contribution in [1.82, 2.24) is 20.2 Å². The molecule has 2 aliphatic heterocycles. The number of pyridine rings is 1. The lowest BCUT2D eigenvalue weighted by Gasteiger charge is -2.43. The van der Waals surface area contributed by atoms with Crippen LogP contribution >= 0.6 is 0 Å². The van der Waals surface area contributed by atoms with Crippen molar-refractivity contribution in [1.29, 1.82) is 0 Å². The molecule has 1 aromatic carbocycles. The molecule has 5 nitrogen and oxygen atoms in total. The molecule has 2 unspecified atom stereocenters. The fourth-order valence-electron chi connectivity index (χ4n) is 6.01. The number of halogens is 4. The number of aromatic amines is 1. The Labute approximate surface area is 200 Å². The molecule has 2 aliphatic rings. The number of aromatic nitrogens is 2. The molecule has 4 heterocycles. The fraction of sp³-hybridized carbons (Fsp3) is 0.462. The van der Waals surface area contributed by atoms with Crippen LogP contribution in [0.2, 0.25) is 0 Å². The van der Waals surface area contributed by atoms with E-state index in [1.165, 1.54) is 12.3 Å². The Balaban J connectivity index is 1.41. The van der Waals surface area contributed by atoms with Gasteiger partial charge in [0.25, 0.3) is 5.92 Å². The maximum Gasteiger partial charge on any atom is 0.262 e. The summed E-state index contributed by atoms with van der Waals surface area (Å²) in [6, 6.07) is 4.08. The Morgan fingerprint density at radius 2 is 1.86 bits per heavy atom. The zero-order chi connectivity index (χ0) is 25.1. The average molecular weight is 489 g/mol. The Morgan fingerprint density at radius 1 is 1.14 bits per heavy atom. The molecule has 2 saturated heterocycles. The molecule has 186 valence electrons. The van der Waals surface area contributed by atoms with Crippen LogP contribution in [0.5, 0.6) is 0 Å². The maximum absolute atomic E-state index is 15.7. The van der Waals surface area contributed by atoms with E-state index in [1.54, 1.807) is 17.2 Å². The summed E-state index contributed by atoms with van der Waals surface area (Å²) in [4.78, 5) is 21.4. The van der Waals surface area contributed by atoms with Crippen LogP contribution in [0.25, 0.3) is 22.2 Å². The Hall–Kier alpha value is -2.94. The smallest absolute Gasteiger partial charge is 0.262 e. The van der Waals surface area contributed by atoms with Crippen LogP contribution in [0, 0.1) is 30.4 Å². The molecule has 1 amide bonds. The average Bonchev–Trinajstić information content (AvgIpc) is 3.36. The molecule has 0 bridgehead atoms. The molecule has 0 saturated carbocycles. The monoisotopic (exact) mass is 488 g/mol. The van der Waals surface area contributed by atoms with E-state index in [9.17, 15) is 18.0 Å². The van der Waals surface area contributed by atoms with Crippen LogP contribution in [0.1, 0.15) is 37.3 Å². The fourth-order valence-corrected chi connectivity index (χ4v) is 6.01. The number of piperidine rings is 1. The third-order valence-corrected chi connectivity index (χ3v) is 7.47. The van der Waals surface area contributed by atoms with Gasteiger partial charge in [0.2, 0.25) is 5.91 Å². The third-order valence-electron chi connectivity index (χ3n) is 7.47. The lowest BCUT2D eigenvalue weighted by Crippen LogP contribution is -2.51. The zero-order valence-corrected chi connectivity index (χ0v) is 19.8. The van der Waals surface area contributed by atoms with Gasteiger partial charge in [-0.2, -0.15) is 0 Å². The number of carbonyl (C=O) groups is 1. The van der Waals surface area contributed by atoms with Crippen molar-refractivity contribution in [3.05, 3.63) is 53.4 Å². The lowest BCUT2D eigenvalue weighted by molar-refractivity contribution is -0.136. The van der Waals surface area contributed by atoms with Crippen molar-refractivity contribution in [3.8, 4) is 11.1 Å². The van der Waals surface area contributed by atoms with Crippen molar-refractivity contribution in [2.45, 2.75) is 45.1 Å². The number of fused-ring (bicyclic) bond motifs is 1. The second-order valence-electron chi connectivity index (χ2n) is 10.1. The normalized spacial score (nSPS) is 26.4. The highest BCUT2D eigenvalue weighted by atomic mass is 19.3. The molecule has 3 aromatic rings. The van der Waals surface area contributed by atoms with Gasteiger partial charge in [-0.3, -0.25) is 10.1 Å². The minimum absolute atomic E-state index is 0.0709. The molecular weight excluding hydrogens is 460 g/mol. The highest BCUT2D eigenvalue weighted by Crippen LogP contribution is 2.42. The molecule has 0 aliphatic carbocycles. The van der Waals surface area contributed by atoms with Gasteiger partial charge in [-0.25, -0.2) is 22.5 Å². The van der Waals surface area contributed by atoms with E-state index < -0.39 is 30.7 Å². The molecule has 35 heavy (non-hydrogen) atoms. The largest absolute Gasteiger partial charge is 0.343 e. The van der Waals surface area contributed by atoms with Crippen LogP contribution in [-0.2, 0) is 4.79 Å². The number of hydrogen-bond donors (Lipinski definition) is 2. The highest BCUT2D eigenvalue weighted by molar-refractivity contribution is 5.93. The number of carbonyl (C=O) groups excluding carboxylic acids is 1. The van der Waals surface area contributed by atoms with Crippen LogP contribution < -0.4 is 5.32 Å². The summed E-state index contributed by atoms with van der Waals surface area (Å²) in [7, 11) is 0. The molecule has 2 aromatic heterocycles. The number of H-pyrrole nitrogens is 1. The van der Waals surface area contributed by atoms with E-state index in [4.69, 9.17) is 0 Å². The minimum Gasteiger partial charge on any atom is -0.343 e. The van der Waals surface area contributed by atoms with Gasteiger partial charge in [-0.15, -0.1) is 0 Å². The maximum atomic E-state index is 15.7. The Morgan fingerprint density at radius 3 is 2.49 bits per heavy atom. The van der Waals surface area contributed by atoms with E-state index in [0.29, 0.717) is 40.8 Å². The number of amides is 1. The molecule has 5 rings (SSSR count). The topological polar surface area (TPSA) is 61.0 Å². The van der Waals surface area contributed by atoms with E-state index in [2.05, 4.69) is 15.3 Å². The molecule has 2 N–H and O–H groups in total. The van der Waals surface area contributed by atoms with E-state index >= 15 is 4.39 Å². The minimum atomic E-state index is -2.87. The van der Waals surface area contributed by atoms with Gasteiger partial charge in [0.15, 0.2) is 5.82 Å². The number of nitrogens with one attached hydrogen (secondary N) is 2. The van der Waals surface area contributed by atoms with Crippen LogP contribution in [0.15, 0.2) is 30.6 Å². The predicted molar refractivity (Wildman–Crippen MR) is 125 cm³/mol. The number of benzene rings is 1. The number of nitrogens with zero attached hydrogens (tertiary/aromatic N) is 2. The summed E-state index contributed by atoms with van der Waals surface area (Å²) in [5, 5.41) is 2.95. The summed E-state index contributed by atoms with van der Waals surface area (Å²) in [6.45, 7) is 6.03. The van der Waals surface area contributed by atoms with Crippen molar-refractivity contribution >= 4 is 16.9 Å². The summed E-state index contributed by atoms with van der Waals surface area (Å²) < 4.78 is 57.2. The number of aryl methyl sites for hydroxylation is 1. The van der Waals surface area contributed by atoms with Crippen LogP contribution in [0.4, 0.5) is 17.6 Å².